The molecule has 0 amide bonds. The molecule has 1 aliphatic heterocycles. The van der Waals surface area contributed by atoms with Gasteiger partial charge >= 0.3 is 0 Å². The summed E-state index contributed by atoms with van der Waals surface area (Å²) in [5.41, 5.74) is 0.760. The molecule has 1 N–H and O–H groups in total. The average Bonchev–Trinajstić information content (AvgIpc) is 2.58. The van der Waals surface area contributed by atoms with Crippen molar-refractivity contribution in [2.75, 3.05) is 6.54 Å². The molecule has 0 bridgehead atoms. The van der Waals surface area contributed by atoms with Gasteiger partial charge in [-0.2, -0.15) is 0 Å². The quantitative estimate of drug-likeness (QED) is 0.616. The maximum Gasteiger partial charge on any atom is 0.0124 e. The molecule has 0 spiro atoms. The monoisotopic (exact) mass is 139 g/mol. The average molecular weight is 139 g/mol. The molecule has 1 heteroatoms. The molecule has 0 aromatic carbocycles. The summed E-state index contributed by atoms with van der Waals surface area (Å²) in [4.78, 5) is 0. The standard InChI is InChI=1S/C9H17N/c1-2-9(5-6-9)8-4-3-7-10-8/h8,10H,2-7H2,1H3. The molecule has 1 saturated heterocycles. The van der Waals surface area contributed by atoms with Crippen molar-refractivity contribution >= 4 is 0 Å². The van der Waals surface area contributed by atoms with E-state index >= 15 is 0 Å². The highest BCUT2D eigenvalue weighted by Gasteiger charge is 2.47. The first-order chi connectivity index (χ1) is 4.87. The molecule has 10 heavy (non-hydrogen) atoms. The highest BCUT2D eigenvalue weighted by atomic mass is 15.0. The van der Waals surface area contributed by atoms with Crippen LogP contribution in [0.15, 0.2) is 0 Å². The number of hydrogen-bond acceptors (Lipinski definition) is 1. The van der Waals surface area contributed by atoms with Gasteiger partial charge in [-0.05, 0) is 44.1 Å². The topological polar surface area (TPSA) is 12.0 Å². The first kappa shape index (κ1) is 6.66. The predicted molar refractivity (Wildman–Crippen MR) is 43.0 cm³/mol. The molecule has 1 heterocycles. The second-order valence-corrected chi connectivity index (χ2v) is 3.86. The van der Waals surface area contributed by atoms with Crippen molar-refractivity contribution in [3.63, 3.8) is 0 Å². The summed E-state index contributed by atoms with van der Waals surface area (Å²) in [7, 11) is 0. The van der Waals surface area contributed by atoms with Crippen molar-refractivity contribution in [1.29, 1.82) is 0 Å². The van der Waals surface area contributed by atoms with Crippen LogP contribution >= 0.6 is 0 Å². The summed E-state index contributed by atoms with van der Waals surface area (Å²) < 4.78 is 0. The summed E-state index contributed by atoms with van der Waals surface area (Å²) in [5.74, 6) is 0. The Balaban J connectivity index is 1.96. The van der Waals surface area contributed by atoms with Crippen LogP contribution in [0.3, 0.4) is 0 Å². The van der Waals surface area contributed by atoms with Crippen molar-refractivity contribution in [3.05, 3.63) is 0 Å². The van der Waals surface area contributed by atoms with E-state index in [1.807, 2.05) is 0 Å². The lowest BCUT2D eigenvalue weighted by Crippen LogP contribution is -2.31. The van der Waals surface area contributed by atoms with Gasteiger partial charge in [0.1, 0.15) is 0 Å². The molecule has 1 nitrogen and oxygen atoms in total. The minimum absolute atomic E-state index is 0.760. The summed E-state index contributed by atoms with van der Waals surface area (Å²) in [5, 5.41) is 3.61. The Bertz CT molecular complexity index is 121. The lowest BCUT2D eigenvalue weighted by atomic mass is 9.92. The molecular formula is C9H17N. The van der Waals surface area contributed by atoms with Gasteiger partial charge < -0.3 is 5.32 Å². The molecule has 2 aliphatic rings. The van der Waals surface area contributed by atoms with E-state index in [2.05, 4.69) is 12.2 Å². The molecule has 1 saturated carbocycles. The van der Waals surface area contributed by atoms with Gasteiger partial charge in [-0.15, -0.1) is 0 Å². The summed E-state index contributed by atoms with van der Waals surface area (Å²) in [6.07, 6.45) is 7.22. The Kier molecular flexibility index (Phi) is 1.48. The summed E-state index contributed by atoms with van der Waals surface area (Å²) in [6, 6.07) is 0.887. The number of rotatable bonds is 2. The molecule has 2 rings (SSSR count). The van der Waals surface area contributed by atoms with Crippen LogP contribution in [-0.2, 0) is 0 Å². The third kappa shape index (κ3) is 0.878. The molecule has 1 unspecified atom stereocenters. The van der Waals surface area contributed by atoms with Gasteiger partial charge in [-0.1, -0.05) is 6.92 Å². The van der Waals surface area contributed by atoms with Crippen molar-refractivity contribution in [1.82, 2.24) is 5.32 Å². The second-order valence-electron chi connectivity index (χ2n) is 3.86. The smallest absolute Gasteiger partial charge is 0.0124 e. The number of hydrogen-bond donors (Lipinski definition) is 1. The van der Waals surface area contributed by atoms with Gasteiger partial charge in [-0.25, -0.2) is 0 Å². The Morgan fingerprint density at radius 3 is 2.70 bits per heavy atom. The highest BCUT2D eigenvalue weighted by molar-refractivity contribution is 5.02. The largest absolute Gasteiger partial charge is 0.313 e. The molecule has 0 radical (unpaired) electrons. The SMILES string of the molecule is CCC1(C2CCCN2)CC1. The Labute approximate surface area is 63.2 Å². The minimum Gasteiger partial charge on any atom is -0.313 e. The third-order valence-corrected chi connectivity index (χ3v) is 3.40. The summed E-state index contributed by atoms with van der Waals surface area (Å²) >= 11 is 0. The number of nitrogens with one attached hydrogen (secondary N) is 1. The first-order valence-electron chi connectivity index (χ1n) is 4.61. The lowest BCUT2D eigenvalue weighted by molar-refractivity contribution is 0.354. The normalized spacial score (nSPS) is 36.3. The second kappa shape index (κ2) is 2.23. The van der Waals surface area contributed by atoms with E-state index in [0.29, 0.717) is 0 Å². The van der Waals surface area contributed by atoms with Crippen LogP contribution < -0.4 is 5.32 Å². The minimum atomic E-state index is 0.760. The van der Waals surface area contributed by atoms with Gasteiger partial charge in [0, 0.05) is 6.04 Å². The van der Waals surface area contributed by atoms with E-state index in [4.69, 9.17) is 0 Å². The van der Waals surface area contributed by atoms with Crippen molar-refractivity contribution in [3.8, 4) is 0 Å². The Morgan fingerprint density at radius 1 is 1.50 bits per heavy atom. The zero-order valence-electron chi connectivity index (χ0n) is 6.82. The van der Waals surface area contributed by atoms with E-state index in [-0.39, 0.29) is 0 Å². The van der Waals surface area contributed by atoms with Crippen molar-refractivity contribution in [2.24, 2.45) is 5.41 Å². The first-order valence-corrected chi connectivity index (χ1v) is 4.61. The zero-order valence-corrected chi connectivity index (χ0v) is 6.82. The Hall–Kier alpha value is -0.0400. The van der Waals surface area contributed by atoms with Crippen LogP contribution in [0.5, 0.6) is 0 Å². The van der Waals surface area contributed by atoms with Crippen LogP contribution in [0.1, 0.15) is 39.0 Å². The van der Waals surface area contributed by atoms with Crippen LogP contribution in [0.4, 0.5) is 0 Å². The molecule has 0 aromatic rings. The van der Waals surface area contributed by atoms with Gasteiger partial charge in [0.05, 0.1) is 0 Å². The van der Waals surface area contributed by atoms with Crippen LogP contribution in [-0.4, -0.2) is 12.6 Å². The summed E-state index contributed by atoms with van der Waals surface area (Å²) in [6.45, 7) is 3.61. The van der Waals surface area contributed by atoms with Crippen molar-refractivity contribution < 1.29 is 0 Å². The van der Waals surface area contributed by atoms with E-state index in [9.17, 15) is 0 Å². The van der Waals surface area contributed by atoms with Gasteiger partial charge in [-0.3, -0.25) is 0 Å². The molecule has 1 atom stereocenters. The van der Waals surface area contributed by atoms with E-state index in [1.54, 1.807) is 0 Å². The highest BCUT2D eigenvalue weighted by Crippen LogP contribution is 2.53. The fourth-order valence-electron chi connectivity index (χ4n) is 2.32. The molecule has 0 aromatic heterocycles. The fourth-order valence-corrected chi connectivity index (χ4v) is 2.32. The maximum atomic E-state index is 3.61. The van der Waals surface area contributed by atoms with Gasteiger partial charge in [0.25, 0.3) is 0 Å². The third-order valence-electron chi connectivity index (χ3n) is 3.40. The molecular weight excluding hydrogens is 122 g/mol. The van der Waals surface area contributed by atoms with E-state index in [0.717, 1.165) is 11.5 Å². The van der Waals surface area contributed by atoms with E-state index in [1.165, 1.54) is 38.6 Å². The molecule has 1 aliphatic carbocycles. The fraction of sp³-hybridized carbons (Fsp3) is 1.00. The van der Waals surface area contributed by atoms with Crippen LogP contribution in [0, 0.1) is 5.41 Å². The van der Waals surface area contributed by atoms with Crippen LogP contribution in [0.25, 0.3) is 0 Å². The van der Waals surface area contributed by atoms with Gasteiger partial charge in [0.2, 0.25) is 0 Å². The molecule has 2 fully saturated rings. The van der Waals surface area contributed by atoms with Crippen LogP contribution in [0.2, 0.25) is 0 Å². The lowest BCUT2D eigenvalue weighted by Gasteiger charge is -2.20. The maximum absolute atomic E-state index is 3.61. The molecule has 58 valence electrons. The zero-order chi connectivity index (χ0) is 7.03. The van der Waals surface area contributed by atoms with E-state index < -0.39 is 0 Å². The predicted octanol–water partition coefficient (Wildman–Crippen LogP) is 1.93. The Morgan fingerprint density at radius 2 is 2.30 bits per heavy atom. The van der Waals surface area contributed by atoms with Crippen molar-refractivity contribution in [2.45, 2.75) is 45.1 Å². The van der Waals surface area contributed by atoms with Gasteiger partial charge in [0.15, 0.2) is 0 Å².